The molecule has 0 fully saturated rings. The molecule has 0 bridgehead atoms. The molecule has 0 unspecified atom stereocenters. The van der Waals surface area contributed by atoms with Crippen LogP contribution < -0.4 is 10.0 Å². The Kier molecular flexibility index (Phi) is 6.02. The van der Waals surface area contributed by atoms with Crippen molar-refractivity contribution in [1.29, 1.82) is 0 Å². The summed E-state index contributed by atoms with van der Waals surface area (Å²) in [5, 5.41) is 5.82. The minimum atomic E-state index is -3.89. The molecule has 29 heavy (non-hydrogen) atoms. The van der Waals surface area contributed by atoms with Crippen LogP contribution >= 0.6 is 11.3 Å². The van der Waals surface area contributed by atoms with E-state index in [1.54, 1.807) is 12.1 Å². The average molecular weight is 432 g/mol. The van der Waals surface area contributed by atoms with Crippen molar-refractivity contribution in [3.05, 3.63) is 60.0 Å². The number of anilines is 2. The van der Waals surface area contributed by atoms with Gasteiger partial charge in [0.15, 0.2) is 5.13 Å². The highest BCUT2D eigenvalue weighted by Gasteiger charge is 2.34. The number of aromatic nitrogens is 1. The second-order valence-electron chi connectivity index (χ2n) is 6.78. The summed E-state index contributed by atoms with van der Waals surface area (Å²) >= 11 is 1.46. The summed E-state index contributed by atoms with van der Waals surface area (Å²) < 4.78 is 32.1. The molecule has 152 valence electrons. The summed E-state index contributed by atoms with van der Waals surface area (Å²) in [5.41, 5.74) is 1.22. The molecule has 1 aromatic heterocycles. The van der Waals surface area contributed by atoms with Gasteiger partial charge < -0.3 is 10.1 Å². The van der Waals surface area contributed by atoms with Gasteiger partial charge in [0.2, 0.25) is 10.0 Å². The summed E-state index contributed by atoms with van der Waals surface area (Å²) in [7, 11) is -2.68. The minimum Gasteiger partial charge on any atom is -0.468 e. The number of sulfonamides is 1. The van der Waals surface area contributed by atoms with E-state index >= 15 is 0 Å². The SMILES string of the molecule is COC(=O)C(C)(C)NS(=O)(=O)c1ccc(Nc2nc(-c3ccccc3)cs2)cc1. The van der Waals surface area contributed by atoms with E-state index in [0.717, 1.165) is 11.3 Å². The molecule has 3 rings (SSSR count). The van der Waals surface area contributed by atoms with Crippen LogP contribution in [0.15, 0.2) is 64.9 Å². The van der Waals surface area contributed by atoms with E-state index in [2.05, 4.69) is 19.8 Å². The van der Waals surface area contributed by atoms with Gasteiger partial charge in [-0.05, 0) is 38.1 Å². The summed E-state index contributed by atoms with van der Waals surface area (Å²) in [5.74, 6) is -0.669. The molecule has 0 aliphatic heterocycles. The van der Waals surface area contributed by atoms with Crippen LogP contribution in [0.25, 0.3) is 11.3 Å². The van der Waals surface area contributed by atoms with Gasteiger partial charge in [-0.2, -0.15) is 4.72 Å². The highest BCUT2D eigenvalue weighted by atomic mass is 32.2. The number of hydrogen-bond donors (Lipinski definition) is 2. The molecular formula is C20H21N3O4S2. The van der Waals surface area contributed by atoms with Crippen molar-refractivity contribution in [2.45, 2.75) is 24.3 Å². The lowest BCUT2D eigenvalue weighted by Gasteiger charge is -2.22. The first-order valence-corrected chi connectivity index (χ1v) is 11.1. The number of esters is 1. The van der Waals surface area contributed by atoms with E-state index in [4.69, 9.17) is 0 Å². The van der Waals surface area contributed by atoms with Crippen molar-refractivity contribution < 1.29 is 17.9 Å². The molecule has 0 saturated heterocycles. The molecule has 2 aromatic carbocycles. The van der Waals surface area contributed by atoms with E-state index in [1.165, 1.54) is 44.4 Å². The maximum atomic E-state index is 12.5. The topological polar surface area (TPSA) is 97.4 Å². The predicted octanol–water partition coefficient (Wildman–Crippen LogP) is 3.78. The van der Waals surface area contributed by atoms with Crippen LogP contribution in [-0.2, 0) is 19.6 Å². The third-order valence-corrected chi connectivity index (χ3v) is 6.50. The summed E-state index contributed by atoms with van der Waals surface area (Å²) in [4.78, 5) is 16.3. The van der Waals surface area contributed by atoms with Gasteiger partial charge >= 0.3 is 5.97 Å². The number of carbonyl (C=O) groups is 1. The van der Waals surface area contributed by atoms with E-state index in [9.17, 15) is 13.2 Å². The summed E-state index contributed by atoms with van der Waals surface area (Å²) in [6.45, 7) is 2.89. The standard InChI is InChI=1S/C20H21N3O4S2/c1-20(2,18(24)27-3)23-29(25,26)16-11-9-15(10-12-16)21-19-22-17(13-28-19)14-7-5-4-6-8-14/h4-13,23H,1-3H3,(H,21,22). The molecule has 1 heterocycles. The molecule has 0 amide bonds. The molecule has 9 heteroatoms. The lowest BCUT2D eigenvalue weighted by molar-refractivity contribution is -0.146. The van der Waals surface area contributed by atoms with Gasteiger partial charge in [-0.25, -0.2) is 13.4 Å². The largest absolute Gasteiger partial charge is 0.468 e. The maximum absolute atomic E-state index is 12.5. The van der Waals surface area contributed by atoms with Crippen LogP contribution in [0.4, 0.5) is 10.8 Å². The van der Waals surface area contributed by atoms with E-state index in [1.807, 2.05) is 35.7 Å². The second kappa shape index (κ2) is 8.32. The van der Waals surface area contributed by atoms with Crippen molar-refractivity contribution in [3.63, 3.8) is 0 Å². The number of nitrogens with zero attached hydrogens (tertiary/aromatic N) is 1. The zero-order chi connectivity index (χ0) is 21.1. The Morgan fingerprint density at radius 2 is 1.72 bits per heavy atom. The maximum Gasteiger partial charge on any atom is 0.326 e. The third-order valence-electron chi connectivity index (χ3n) is 4.07. The lowest BCUT2D eigenvalue weighted by atomic mass is 10.1. The molecule has 0 radical (unpaired) electrons. The first kappa shape index (κ1) is 21.0. The third kappa shape index (κ3) is 5.00. The second-order valence-corrected chi connectivity index (χ2v) is 9.32. The van der Waals surface area contributed by atoms with Gasteiger partial charge in [0.25, 0.3) is 0 Å². The predicted molar refractivity (Wildman–Crippen MR) is 114 cm³/mol. The molecule has 0 aliphatic carbocycles. The van der Waals surface area contributed by atoms with Gasteiger partial charge in [-0.1, -0.05) is 30.3 Å². The molecule has 7 nitrogen and oxygen atoms in total. The molecule has 0 saturated carbocycles. The van der Waals surface area contributed by atoms with Gasteiger partial charge in [0.05, 0.1) is 17.7 Å². The zero-order valence-corrected chi connectivity index (χ0v) is 17.8. The number of nitrogens with one attached hydrogen (secondary N) is 2. The Labute approximate surface area is 173 Å². The molecule has 0 spiro atoms. The average Bonchev–Trinajstić information content (AvgIpc) is 3.16. The van der Waals surface area contributed by atoms with Crippen molar-refractivity contribution in [3.8, 4) is 11.3 Å². The van der Waals surface area contributed by atoms with Gasteiger partial charge in [0, 0.05) is 16.6 Å². The van der Waals surface area contributed by atoms with Crippen LogP contribution in [0.5, 0.6) is 0 Å². The van der Waals surface area contributed by atoms with E-state index in [-0.39, 0.29) is 4.90 Å². The highest BCUT2D eigenvalue weighted by molar-refractivity contribution is 7.89. The van der Waals surface area contributed by atoms with Crippen molar-refractivity contribution in [2.75, 3.05) is 12.4 Å². The molecular weight excluding hydrogens is 410 g/mol. The smallest absolute Gasteiger partial charge is 0.326 e. The Hall–Kier alpha value is -2.75. The lowest BCUT2D eigenvalue weighted by Crippen LogP contribution is -2.50. The molecule has 2 N–H and O–H groups in total. The zero-order valence-electron chi connectivity index (χ0n) is 16.2. The van der Waals surface area contributed by atoms with Crippen molar-refractivity contribution >= 4 is 38.1 Å². The number of ether oxygens (including phenoxy) is 1. The van der Waals surface area contributed by atoms with Gasteiger partial charge in [0.1, 0.15) is 5.54 Å². The summed E-state index contributed by atoms with van der Waals surface area (Å²) in [6.07, 6.45) is 0. The van der Waals surface area contributed by atoms with Crippen LogP contribution in [0.1, 0.15) is 13.8 Å². The van der Waals surface area contributed by atoms with Crippen LogP contribution in [-0.4, -0.2) is 32.0 Å². The Morgan fingerprint density at radius 1 is 1.07 bits per heavy atom. The Balaban J connectivity index is 1.72. The summed E-state index contributed by atoms with van der Waals surface area (Å²) in [6, 6.07) is 16.0. The minimum absolute atomic E-state index is 0.0455. The van der Waals surface area contributed by atoms with Crippen LogP contribution in [0.3, 0.4) is 0 Å². The molecule has 0 aliphatic rings. The number of rotatable bonds is 7. The number of thiazole rings is 1. The number of benzene rings is 2. The van der Waals surface area contributed by atoms with Crippen molar-refractivity contribution in [1.82, 2.24) is 9.71 Å². The Bertz CT molecular complexity index is 1090. The molecule has 3 aromatic rings. The van der Waals surface area contributed by atoms with Crippen LogP contribution in [0.2, 0.25) is 0 Å². The quantitative estimate of drug-likeness (QED) is 0.553. The highest BCUT2D eigenvalue weighted by Crippen LogP contribution is 2.27. The van der Waals surface area contributed by atoms with Crippen molar-refractivity contribution in [2.24, 2.45) is 0 Å². The van der Waals surface area contributed by atoms with Gasteiger partial charge in [-0.3, -0.25) is 4.79 Å². The fourth-order valence-corrected chi connectivity index (χ4v) is 4.71. The van der Waals surface area contributed by atoms with E-state index < -0.39 is 21.5 Å². The first-order valence-electron chi connectivity index (χ1n) is 8.72. The van der Waals surface area contributed by atoms with E-state index in [0.29, 0.717) is 10.8 Å². The first-order chi connectivity index (χ1) is 13.7. The number of methoxy groups -OCH3 is 1. The number of hydrogen-bond acceptors (Lipinski definition) is 7. The monoisotopic (exact) mass is 431 g/mol. The fourth-order valence-electron chi connectivity index (χ4n) is 2.61. The fraction of sp³-hybridized carbons (Fsp3) is 0.200. The number of carbonyl (C=O) groups excluding carboxylic acids is 1. The molecule has 0 atom stereocenters. The van der Waals surface area contributed by atoms with Crippen LogP contribution in [0, 0.1) is 0 Å². The normalized spacial score (nSPS) is 11.8. The Morgan fingerprint density at radius 3 is 2.34 bits per heavy atom. The van der Waals surface area contributed by atoms with Gasteiger partial charge in [-0.15, -0.1) is 11.3 Å².